The predicted molar refractivity (Wildman–Crippen MR) is 100 cm³/mol. The van der Waals surface area contributed by atoms with Crippen molar-refractivity contribution in [1.29, 1.82) is 0 Å². The van der Waals surface area contributed by atoms with Crippen LogP contribution in [-0.2, 0) is 9.53 Å². The monoisotopic (exact) mass is 355 g/mol. The van der Waals surface area contributed by atoms with Crippen LogP contribution in [-0.4, -0.2) is 25.1 Å². The Morgan fingerprint density at radius 2 is 1.73 bits per heavy atom. The smallest absolute Gasteiger partial charge is 0.338 e. The maximum atomic E-state index is 12.0. The first kappa shape index (κ1) is 19.5. The Bertz CT molecular complexity index is 698. The maximum Gasteiger partial charge on any atom is 0.338 e. The fourth-order valence-corrected chi connectivity index (χ4v) is 2.34. The van der Waals surface area contributed by atoms with Gasteiger partial charge in [0.05, 0.1) is 18.2 Å². The lowest BCUT2D eigenvalue weighted by molar-refractivity contribution is -0.124. The minimum Gasteiger partial charge on any atom is -0.494 e. The zero-order valence-electron chi connectivity index (χ0n) is 15.2. The van der Waals surface area contributed by atoms with Crippen molar-refractivity contribution in [2.45, 2.75) is 32.7 Å². The molecule has 26 heavy (non-hydrogen) atoms. The summed E-state index contributed by atoms with van der Waals surface area (Å²) in [5.74, 6) is -0.161. The van der Waals surface area contributed by atoms with Crippen molar-refractivity contribution < 1.29 is 19.1 Å². The number of hydrogen-bond donors (Lipinski definition) is 1. The van der Waals surface area contributed by atoms with E-state index in [0.29, 0.717) is 17.9 Å². The number of unbranched alkanes of at least 4 members (excludes halogenated alkanes) is 1. The van der Waals surface area contributed by atoms with Crippen LogP contribution in [0.15, 0.2) is 54.6 Å². The fourth-order valence-electron chi connectivity index (χ4n) is 2.34. The second-order valence-electron chi connectivity index (χ2n) is 6.00. The average Bonchev–Trinajstić information content (AvgIpc) is 2.67. The second-order valence-corrected chi connectivity index (χ2v) is 6.00. The summed E-state index contributed by atoms with van der Waals surface area (Å²) < 4.78 is 10.6. The highest BCUT2D eigenvalue weighted by Crippen LogP contribution is 2.14. The van der Waals surface area contributed by atoms with Gasteiger partial charge in [-0.3, -0.25) is 4.79 Å². The zero-order chi connectivity index (χ0) is 18.8. The van der Waals surface area contributed by atoms with Crippen LogP contribution in [0, 0.1) is 0 Å². The zero-order valence-corrected chi connectivity index (χ0v) is 15.2. The molecule has 2 aromatic rings. The quantitative estimate of drug-likeness (QED) is 0.547. The third-order valence-electron chi connectivity index (χ3n) is 3.87. The summed E-state index contributed by atoms with van der Waals surface area (Å²) in [5, 5.41) is 2.80. The van der Waals surface area contributed by atoms with Gasteiger partial charge >= 0.3 is 5.97 Å². The van der Waals surface area contributed by atoms with Crippen LogP contribution >= 0.6 is 0 Å². The molecule has 0 bridgehead atoms. The van der Waals surface area contributed by atoms with Gasteiger partial charge in [-0.1, -0.05) is 43.7 Å². The van der Waals surface area contributed by atoms with E-state index in [-0.39, 0.29) is 18.6 Å². The molecule has 0 aliphatic rings. The Labute approximate surface area is 154 Å². The molecule has 0 saturated heterocycles. The highest BCUT2D eigenvalue weighted by Gasteiger charge is 2.13. The van der Waals surface area contributed by atoms with E-state index in [1.54, 1.807) is 24.3 Å². The van der Waals surface area contributed by atoms with Crippen molar-refractivity contribution in [2.24, 2.45) is 0 Å². The van der Waals surface area contributed by atoms with E-state index in [9.17, 15) is 9.59 Å². The first-order valence-electron chi connectivity index (χ1n) is 8.84. The van der Waals surface area contributed by atoms with Crippen molar-refractivity contribution >= 4 is 11.9 Å². The standard InChI is InChI=1S/C21H25NO4/c1-3-4-14-25-19-12-10-18(11-13-19)21(24)26-15-20(23)22-16(2)17-8-6-5-7-9-17/h5-13,16H,3-4,14-15H2,1-2H3,(H,22,23). The molecule has 1 atom stereocenters. The Balaban J connectivity index is 1.77. The molecule has 0 heterocycles. The topological polar surface area (TPSA) is 64.6 Å². The van der Waals surface area contributed by atoms with Gasteiger partial charge < -0.3 is 14.8 Å². The van der Waals surface area contributed by atoms with Crippen molar-refractivity contribution in [3.63, 3.8) is 0 Å². The largest absolute Gasteiger partial charge is 0.494 e. The van der Waals surface area contributed by atoms with E-state index < -0.39 is 5.97 Å². The summed E-state index contributed by atoms with van der Waals surface area (Å²) in [6.07, 6.45) is 2.05. The summed E-state index contributed by atoms with van der Waals surface area (Å²) in [7, 11) is 0. The number of carbonyl (C=O) groups excluding carboxylic acids is 2. The molecule has 0 fully saturated rings. The van der Waals surface area contributed by atoms with Crippen LogP contribution in [0.3, 0.4) is 0 Å². The fraction of sp³-hybridized carbons (Fsp3) is 0.333. The molecule has 138 valence electrons. The summed E-state index contributed by atoms with van der Waals surface area (Å²) in [4.78, 5) is 24.0. The molecule has 0 aromatic heterocycles. The maximum absolute atomic E-state index is 12.0. The van der Waals surface area contributed by atoms with Gasteiger partial charge in [0.25, 0.3) is 5.91 Å². The molecule has 0 saturated carbocycles. The lowest BCUT2D eigenvalue weighted by Crippen LogP contribution is -2.31. The van der Waals surface area contributed by atoms with Crippen molar-refractivity contribution in [2.75, 3.05) is 13.2 Å². The second kappa shape index (κ2) is 10.2. The summed E-state index contributed by atoms with van der Waals surface area (Å²) in [6.45, 7) is 4.32. The lowest BCUT2D eigenvalue weighted by Gasteiger charge is -2.14. The molecule has 1 N–H and O–H groups in total. The van der Waals surface area contributed by atoms with Gasteiger partial charge in [0.15, 0.2) is 6.61 Å². The molecule has 2 aromatic carbocycles. The van der Waals surface area contributed by atoms with Gasteiger partial charge in [-0.2, -0.15) is 0 Å². The van der Waals surface area contributed by atoms with Crippen LogP contribution < -0.4 is 10.1 Å². The van der Waals surface area contributed by atoms with Gasteiger partial charge in [-0.25, -0.2) is 4.79 Å². The molecule has 0 radical (unpaired) electrons. The van der Waals surface area contributed by atoms with E-state index in [1.165, 1.54) is 0 Å². The number of benzene rings is 2. The van der Waals surface area contributed by atoms with Crippen LogP contribution in [0.5, 0.6) is 5.75 Å². The lowest BCUT2D eigenvalue weighted by atomic mass is 10.1. The number of nitrogens with one attached hydrogen (secondary N) is 1. The number of ether oxygens (including phenoxy) is 2. The minimum absolute atomic E-state index is 0.151. The van der Waals surface area contributed by atoms with Crippen LogP contribution in [0.25, 0.3) is 0 Å². The van der Waals surface area contributed by atoms with Gasteiger partial charge in [-0.05, 0) is 43.2 Å². The van der Waals surface area contributed by atoms with Crippen LogP contribution in [0.2, 0.25) is 0 Å². The average molecular weight is 355 g/mol. The number of hydrogen-bond acceptors (Lipinski definition) is 4. The molecule has 5 nitrogen and oxygen atoms in total. The highest BCUT2D eigenvalue weighted by atomic mass is 16.5. The number of amides is 1. The van der Waals surface area contributed by atoms with Gasteiger partial charge in [0.2, 0.25) is 0 Å². The van der Waals surface area contributed by atoms with E-state index in [4.69, 9.17) is 9.47 Å². The van der Waals surface area contributed by atoms with Gasteiger partial charge in [-0.15, -0.1) is 0 Å². The van der Waals surface area contributed by atoms with Crippen LogP contribution in [0.1, 0.15) is 48.7 Å². The Kier molecular flexibility index (Phi) is 7.68. The number of carbonyl (C=O) groups is 2. The number of esters is 1. The molecule has 0 spiro atoms. The highest BCUT2D eigenvalue weighted by molar-refractivity contribution is 5.91. The Morgan fingerprint density at radius 1 is 1.04 bits per heavy atom. The molecule has 5 heteroatoms. The van der Waals surface area contributed by atoms with E-state index in [0.717, 1.165) is 18.4 Å². The van der Waals surface area contributed by atoms with Crippen molar-refractivity contribution in [1.82, 2.24) is 5.32 Å². The summed E-state index contributed by atoms with van der Waals surface area (Å²) in [6, 6.07) is 16.2. The van der Waals surface area contributed by atoms with Crippen LogP contribution in [0.4, 0.5) is 0 Å². The molecule has 1 unspecified atom stereocenters. The predicted octanol–water partition coefficient (Wildman–Crippen LogP) is 3.90. The normalized spacial score (nSPS) is 11.5. The van der Waals surface area contributed by atoms with Gasteiger partial charge in [0, 0.05) is 0 Å². The van der Waals surface area contributed by atoms with Crippen molar-refractivity contribution in [3.8, 4) is 5.75 Å². The summed E-state index contributed by atoms with van der Waals surface area (Å²) in [5.41, 5.74) is 1.38. The molecule has 1 amide bonds. The third kappa shape index (κ3) is 6.24. The molecule has 2 rings (SSSR count). The minimum atomic E-state index is -0.535. The molecule has 0 aliphatic heterocycles. The first-order chi connectivity index (χ1) is 12.6. The van der Waals surface area contributed by atoms with E-state index in [2.05, 4.69) is 12.2 Å². The first-order valence-corrected chi connectivity index (χ1v) is 8.84. The summed E-state index contributed by atoms with van der Waals surface area (Å²) >= 11 is 0. The molecular weight excluding hydrogens is 330 g/mol. The molecule has 0 aliphatic carbocycles. The molecular formula is C21H25NO4. The van der Waals surface area contributed by atoms with Crippen molar-refractivity contribution in [3.05, 3.63) is 65.7 Å². The Morgan fingerprint density at radius 3 is 2.38 bits per heavy atom. The third-order valence-corrected chi connectivity index (χ3v) is 3.87. The van der Waals surface area contributed by atoms with Gasteiger partial charge in [0.1, 0.15) is 5.75 Å². The Hall–Kier alpha value is -2.82. The van der Waals surface area contributed by atoms with E-state index >= 15 is 0 Å². The SMILES string of the molecule is CCCCOc1ccc(C(=O)OCC(=O)NC(C)c2ccccc2)cc1. The van der Waals surface area contributed by atoms with E-state index in [1.807, 2.05) is 37.3 Å². The number of rotatable bonds is 9.